The molecule has 10 heterocycles. The molecule has 8 aliphatic heterocycles. The third-order valence-electron chi connectivity index (χ3n) is 10.4. The Hall–Kier alpha value is -4.91. The molecule has 10 bridgehead atoms. The molecular formula is C35H40N10O6S. The Morgan fingerprint density at radius 3 is 2.50 bits per heavy atom. The van der Waals surface area contributed by atoms with Crippen molar-refractivity contribution in [3.63, 3.8) is 0 Å². The van der Waals surface area contributed by atoms with E-state index in [-0.39, 0.29) is 5.88 Å². The Kier molecular flexibility index (Phi) is 8.20. The van der Waals surface area contributed by atoms with Crippen molar-refractivity contribution >= 4 is 60.7 Å². The molecule has 2 aromatic heterocycles. The molecule has 17 heteroatoms. The summed E-state index contributed by atoms with van der Waals surface area (Å²) >= 11 is 0. The van der Waals surface area contributed by atoms with Gasteiger partial charge in [0.25, 0.3) is 0 Å². The topological polar surface area (TPSA) is 173 Å². The lowest BCUT2D eigenvalue weighted by atomic mass is 9.97. The van der Waals surface area contributed by atoms with Gasteiger partial charge in [-0.2, -0.15) is 4.98 Å². The summed E-state index contributed by atoms with van der Waals surface area (Å²) in [6.07, 6.45) is 1.64. The van der Waals surface area contributed by atoms with Crippen LogP contribution in [-0.4, -0.2) is 103 Å². The molecule has 3 aromatic carbocycles. The number of benzene rings is 3. The maximum Gasteiger partial charge on any atom is 0.235 e. The molecule has 0 spiro atoms. The van der Waals surface area contributed by atoms with Crippen molar-refractivity contribution in [3.05, 3.63) is 71.8 Å². The number of nitrogens with one attached hydrogen (secondary N) is 3. The van der Waals surface area contributed by atoms with Crippen LogP contribution in [0.15, 0.2) is 60.7 Å². The first-order valence-electron chi connectivity index (χ1n) is 17.4. The van der Waals surface area contributed by atoms with Gasteiger partial charge in [0.1, 0.15) is 6.10 Å². The van der Waals surface area contributed by atoms with Crippen LogP contribution in [0.5, 0.6) is 5.88 Å². The molecule has 8 aliphatic rings. The standard InChI is InChI=1S/C35H40N10O6S/c1-52(48,49)39-23-8-6-22(7-9-23)12-14-36-44-28-11-10-26-30(31(28)29-13-19-50-40-51-29)34(46)45(47)33(26)43-20-24(21-43)41-15-17-42(18-16-41)35-37-27-5-3-2-4-25(27)32(44)38-35/h2-11,24,29,36,39-40,46-47H,12-21H2,1H3. The van der Waals surface area contributed by atoms with Gasteiger partial charge in [0.05, 0.1) is 29.5 Å². The Balaban J connectivity index is 1.21. The largest absolute Gasteiger partial charge is 0.492 e. The third kappa shape index (κ3) is 5.88. The monoisotopic (exact) mass is 728 g/mol. The van der Waals surface area contributed by atoms with Crippen molar-refractivity contribution in [2.75, 3.05) is 78.2 Å². The molecule has 0 aliphatic carbocycles. The van der Waals surface area contributed by atoms with Crippen molar-refractivity contribution < 1.29 is 28.4 Å². The van der Waals surface area contributed by atoms with E-state index in [0.29, 0.717) is 77.3 Å². The highest BCUT2D eigenvalue weighted by Gasteiger charge is 2.39. The normalized spacial score (nSPS) is 21.7. The van der Waals surface area contributed by atoms with Crippen LogP contribution in [0.2, 0.25) is 0 Å². The molecule has 13 rings (SSSR count). The molecule has 0 amide bonds. The second kappa shape index (κ2) is 12.9. The number of piperazine rings is 1. The molecule has 0 saturated carbocycles. The molecule has 272 valence electrons. The van der Waals surface area contributed by atoms with Crippen LogP contribution >= 0.6 is 0 Å². The Bertz CT molecular complexity index is 2250. The summed E-state index contributed by atoms with van der Waals surface area (Å²) in [5.74, 6) is 1.53. The van der Waals surface area contributed by atoms with Crippen molar-refractivity contribution in [1.82, 2.24) is 30.7 Å². The second-order valence-electron chi connectivity index (χ2n) is 13.7. The number of hydrogen-bond donors (Lipinski definition) is 5. The highest BCUT2D eigenvalue weighted by atomic mass is 32.2. The van der Waals surface area contributed by atoms with Gasteiger partial charge in [0.2, 0.25) is 21.9 Å². The molecule has 52 heavy (non-hydrogen) atoms. The maximum absolute atomic E-state index is 11.7. The number of aromatic nitrogens is 3. The lowest BCUT2D eigenvalue weighted by Crippen LogP contribution is -2.63. The summed E-state index contributed by atoms with van der Waals surface area (Å²) in [5.41, 5.74) is 9.83. The van der Waals surface area contributed by atoms with Crippen LogP contribution in [-0.2, 0) is 26.1 Å². The van der Waals surface area contributed by atoms with Crippen LogP contribution < -0.4 is 30.6 Å². The first-order valence-corrected chi connectivity index (χ1v) is 19.3. The first kappa shape index (κ1) is 33.0. The zero-order valence-electron chi connectivity index (χ0n) is 28.6. The summed E-state index contributed by atoms with van der Waals surface area (Å²) in [6.45, 7) is 5.53. The summed E-state index contributed by atoms with van der Waals surface area (Å²) in [4.78, 5) is 28.5. The number of sulfonamides is 1. The van der Waals surface area contributed by atoms with E-state index in [9.17, 15) is 18.7 Å². The van der Waals surface area contributed by atoms with Gasteiger partial charge in [-0.25, -0.2) is 18.8 Å². The third-order valence-corrected chi connectivity index (χ3v) is 11.0. The van der Waals surface area contributed by atoms with Gasteiger partial charge >= 0.3 is 0 Å². The molecule has 1 unspecified atom stereocenters. The predicted molar refractivity (Wildman–Crippen MR) is 196 cm³/mol. The van der Waals surface area contributed by atoms with Gasteiger partial charge in [0, 0.05) is 80.3 Å². The number of aromatic hydroxyl groups is 1. The maximum atomic E-state index is 11.7. The van der Waals surface area contributed by atoms with Crippen molar-refractivity contribution in [2.45, 2.75) is 25.0 Å². The van der Waals surface area contributed by atoms with E-state index < -0.39 is 16.1 Å². The highest BCUT2D eigenvalue weighted by Crippen LogP contribution is 2.48. The van der Waals surface area contributed by atoms with E-state index >= 15 is 0 Å². The fourth-order valence-corrected chi connectivity index (χ4v) is 8.35. The zero-order valence-corrected chi connectivity index (χ0v) is 29.4. The van der Waals surface area contributed by atoms with Gasteiger partial charge in [-0.05, 0) is 48.4 Å². The van der Waals surface area contributed by atoms with E-state index in [0.717, 1.165) is 66.7 Å². The number of rotatable bonds is 7. The predicted octanol–water partition coefficient (Wildman–Crippen LogP) is 3.01. The number of para-hydroxylation sites is 1. The minimum absolute atomic E-state index is 0.270. The lowest BCUT2D eigenvalue weighted by Gasteiger charge is -2.48. The molecule has 3 fully saturated rings. The fourth-order valence-electron chi connectivity index (χ4n) is 7.79. The van der Waals surface area contributed by atoms with Gasteiger partial charge in [0.15, 0.2) is 11.6 Å². The van der Waals surface area contributed by atoms with Crippen LogP contribution in [0.3, 0.4) is 0 Å². The number of hydrogen-bond acceptors (Lipinski definition) is 14. The molecular weight excluding hydrogens is 689 g/mol. The van der Waals surface area contributed by atoms with Gasteiger partial charge in [-0.15, -0.1) is 4.73 Å². The van der Waals surface area contributed by atoms with E-state index in [4.69, 9.17) is 19.6 Å². The number of nitrogens with zero attached hydrogens (tertiary/aromatic N) is 7. The zero-order chi connectivity index (χ0) is 35.6. The van der Waals surface area contributed by atoms with Crippen molar-refractivity contribution in [1.29, 1.82) is 0 Å². The van der Waals surface area contributed by atoms with Gasteiger partial charge in [-0.1, -0.05) is 29.9 Å². The molecule has 1 atom stereocenters. The summed E-state index contributed by atoms with van der Waals surface area (Å²) in [5, 5.41) is 27.1. The van der Waals surface area contributed by atoms with E-state index in [1.165, 1.54) is 0 Å². The lowest BCUT2D eigenvalue weighted by molar-refractivity contribution is -0.241. The quantitative estimate of drug-likeness (QED) is 0.155. The van der Waals surface area contributed by atoms with Crippen LogP contribution in [0.25, 0.3) is 21.7 Å². The molecule has 16 nitrogen and oxygen atoms in total. The fraction of sp³-hybridized carbons (Fsp3) is 0.371. The van der Waals surface area contributed by atoms with Crippen LogP contribution in [0.1, 0.15) is 23.7 Å². The Labute approximate surface area is 300 Å². The summed E-state index contributed by atoms with van der Waals surface area (Å²) < 4.78 is 26.9. The van der Waals surface area contributed by atoms with Gasteiger partial charge in [-0.3, -0.25) is 24.3 Å². The van der Waals surface area contributed by atoms with E-state index in [2.05, 4.69) is 30.5 Å². The Morgan fingerprint density at radius 1 is 0.962 bits per heavy atom. The van der Waals surface area contributed by atoms with Crippen molar-refractivity contribution in [3.8, 4) is 5.88 Å². The van der Waals surface area contributed by atoms with Crippen LogP contribution in [0, 0.1) is 0 Å². The van der Waals surface area contributed by atoms with Gasteiger partial charge < -0.3 is 20.1 Å². The minimum Gasteiger partial charge on any atom is -0.492 e. The first-order chi connectivity index (χ1) is 25.2. The van der Waals surface area contributed by atoms with E-state index in [1.807, 2.05) is 53.5 Å². The Morgan fingerprint density at radius 2 is 1.75 bits per heavy atom. The number of anilines is 5. The summed E-state index contributed by atoms with van der Waals surface area (Å²) in [6, 6.07) is 19.4. The van der Waals surface area contributed by atoms with Crippen molar-refractivity contribution in [2.24, 2.45) is 0 Å². The molecule has 0 radical (unpaired) electrons. The van der Waals surface area contributed by atoms with E-state index in [1.54, 1.807) is 12.1 Å². The minimum atomic E-state index is -3.39. The average molecular weight is 729 g/mol. The molecule has 3 saturated heterocycles. The smallest absolute Gasteiger partial charge is 0.235 e. The summed E-state index contributed by atoms with van der Waals surface area (Å²) in [7, 11) is -3.39. The SMILES string of the molecule is CS(=O)(=O)Nc1ccc(CCNN2c3ccc4c(n(O)c(O)c4c3C3CCONO3)N3CC(C3)N3CCN(CC3)c3nc2c2ccccc2n3)cc1. The number of hydrazine groups is 1. The molecule has 5 N–H and O–H groups in total. The highest BCUT2D eigenvalue weighted by molar-refractivity contribution is 7.92. The van der Waals surface area contributed by atoms with Crippen LogP contribution in [0.4, 0.5) is 29.0 Å². The number of fused-ring (bicyclic) bond motifs is 1. The molecule has 5 aromatic rings. The average Bonchev–Trinajstić information content (AvgIpc) is 3.38. The second-order valence-corrected chi connectivity index (χ2v) is 15.5.